The van der Waals surface area contributed by atoms with E-state index in [2.05, 4.69) is 48.3 Å². The molecule has 2 aromatic rings. The molecule has 1 nitrogen and oxygen atoms in total. The molecule has 0 spiro atoms. The molecule has 0 radical (unpaired) electrons. The van der Waals surface area contributed by atoms with Crippen LogP contribution in [0.3, 0.4) is 0 Å². The molecular formula is C14H19NS. The predicted molar refractivity (Wildman–Crippen MR) is 73.7 cm³/mol. The number of para-hydroxylation sites is 1. The van der Waals surface area contributed by atoms with Crippen molar-refractivity contribution >= 4 is 20.9 Å². The number of hydrogen-bond donors (Lipinski definition) is 0. The van der Waals surface area contributed by atoms with Crippen molar-refractivity contribution in [3.8, 4) is 0 Å². The lowest BCUT2D eigenvalue weighted by Gasteiger charge is -2.30. The van der Waals surface area contributed by atoms with Crippen molar-refractivity contribution in [2.24, 2.45) is 7.05 Å². The summed E-state index contributed by atoms with van der Waals surface area (Å²) >= 11 is 0. The molecule has 1 saturated heterocycles. The van der Waals surface area contributed by atoms with Gasteiger partial charge in [0.2, 0.25) is 0 Å². The number of aromatic nitrogens is 1. The molecule has 86 valence electrons. The third-order valence-corrected chi connectivity index (χ3v) is 7.60. The van der Waals surface area contributed by atoms with E-state index in [1.165, 1.54) is 35.3 Å². The highest BCUT2D eigenvalue weighted by Gasteiger charge is 2.28. The van der Waals surface area contributed by atoms with Crippen LogP contribution in [0.5, 0.6) is 0 Å². The fourth-order valence-electron chi connectivity index (χ4n) is 2.86. The lowest BCUT2D eigenvalue weighted by molar-refractivity contribution is 0.949. The highest BCUT2D eigenvalue weighted by atomic mass is 32.3. The highest BCUT2D eigenvalue weighted by molar-refractivity contribution is 8.33. The first kappa shape index (κ1) is 10.3. The van der Waals surface area contributed by atoms with Gasteiger partial charge < -0.3 is 4.57 Å². The summed E-state index contributed by atoms with van der Waals surface area (Å²) in [6, 6.07) is 8.83. The molecule has 1 aromatic carbocycles. The smallest absolute Gasteiger partial charge is 0.0488 e. The number of rotatable bonds is 1. The quantitative estimate of drug-likeness (QED) is 0.706. The van der Waals surface area contributed by atoms with Gasteiger partial charge in [0.1, 0.15) is 0 Å². The fourth-order valence-corrected chi connectivity index (χ4v) is 6.30. The first-order chi connectivity index (χ1) is 7.71. The molecule has 0 aliphatic carbocycles. The van der Waals surface area contributed by atoms with Gasteiger partial charge in [0.25, 0.3) is 0 Å². The Hall–Kier alpha value is -0.890. The Kier molecular flexibility index (Phi) is 2.28. The Morgan fingerprint density at radius 1 is 1.12 bits per heavy atom. The van der Waals surface area contributed by atoms with Crippen LogP contribution in [-0.2, 0) is 7.05 Å². The maximum atomic E-state index is 2.52. The van der Waals surface area contributed by atoms with Gasteiger partial charge in [-0.05, 0) is 36.7 Å². The van der Waals surface area contributed by atoms with Gasteiger partial charge in [-0.15, -0.1) is 0 Å². The third-order valence-electron chi connectivity index (χ3n) is 3.83. The summed E-state index contributed by atoms with van der Waals surface area (Å²) in [7, 11) is 1.66. The third kappa shape index (κ3) is 1.40. The Morgan fingerprint density at radius 2 is 1.81 bits per heavy atom. The summed E-state index contributed by atoms with van der Waals surface area (Å²) in [4.78, 5) is 1.64. The maximum absolute atomic E-state index is 2.52. The number of nitrogens with zero attached hydrogens (tertiary/aromatic N) is 1. The number of benzene rings is 1. The van der Waals surface area contributed by atoms with E-state index in [0.717, 1.165) is 0 Å². The summed E-state index contributed by atoms with van der Waals surface area (Å²) in [5.74, 6) is 2.86. The number of fused-ring (bicyclic) bond motifs is 1. The van der Waals surface area contributed by atoms with E-state index in [0.29, 0.717) is 0 Å². The lowest BCUT2D eigenvalue weighted by atomic mass is 10.2. The van der Waals surface area contributed by atoms with Gasteiger partial charge in [0.15, 0.2) is 0 Å². The van der Waals surface area contributed by atoms with Crippen molar-refractivity contribution in [3.63, 3.8) is 0 Å². The molecule has 0 unspecified atom stereocenters. The minimum absolute atomic E-state index is 0.509. The summed E-state index contributed by atoms with van der Waals surface area (Å²) in [6.07, 6.45) is 7.75. The van der Waals surface area contributed by atoms with Crippen LogP contribution < -0.4 is 0 Å². The van der Waals surface area contributed by atoms with Crippen molar-refractivity contribution in [1.29, 1.82) is 0 Å². The van der Waals surface area contributed by atoms with Gasteiger partial charge in [-0.3, -0.25) is 0 Å². The van der Waals surface area contributed by atoms with Gasteiger partial charge in [-0.2, -0.15) is 0 Å². The van der Waals surface area contributed by atoms with Gasteiger partial charge in [0, 0.05) is 29.0 Å². The molecule has 1 aliphatic heterocycles. The minimum atomic E-state index is -0.509. The summed E-state index contributed by atoms with van der Waals surface area (Å²) in [5.41, 5.74) is 1.39. The second kappa shape index (κ2) is 3.56. The number of hydrogen-bond acceptors (Lipinski definition) is 0. The molecule has 2 heteroatoms. The first-order valence-electron chi connectivity index (χ1n) is 5.98. The van der Waals surface area contributed by atoms with Gasteiger partial charge in [-0.1, -0.05) is 18.2 Å². The molecule has 0 bridgehead atoms. The molecule has 1 fully saturated rings. The SMILES string of the molecule is Cn1cc(S2(C)CCCC2)c2ccccc21. The standard InChI is InChI=1S/C14H19NS/c1-15-11-14(16(2)9-5-6-10-16)12-7-3-4-8-13(12)15/h3-4,7-8,11H,5-6,9-10H2,1-2H3. The lowest BCUT2D eigenvalue weighted by Crippen LogP contribution is -1.99. The molecule has 2 heterocycles. The molecule has 1 aromatic heterocycles. The number of aryl methyl sites for hydroxylation is 1. The van der Waals surface area contributed by atoms with Crippen LogP contribution in [-0.4, -0.2) is 22.3 Å². The molecule has 16 heavy (non-hydrogen) atoms. The zero-order valence-corrected chi connectivity index (χ0v) is 10.9. The Balaban J connectivity index is 2.24. The van der Waals surface area contributed by atoms with E-state index < -0.39 is 10.0 Å². The zero-order valence-electron chi connectivity index (χ0n) is 10.1. The molecule has 0 N–H and O–H groups in total. The summed E-state index contributed by atoms with van der Waals surface area (Å²) < 4.78 is 2.29. The van der Waals surface area contributed by atoms with Crippen molar-refractivity contribution in [1.82, 2.24) is 4.57 Å². The van der Waals surface area contributed by atoms with E-state index in [1.54, 1.807) is 4.90 Å². The van der Waals surface area contributed by atoms with Crippen molar-refractivity contribution in [3.05, 3.63) is 30.5 Å². The van der Waals surface area contributed by atoms with Crippen molar-refractivity contribution < 1.29 is 0 Å². The molecule has 0 atom stereocenters. The normalized spacial score (nSPS) is 21.4. The molecule has 1 aliphatic rings. The average Bonchev–Trinajstić information content (AvgIpc) is 2.86. The van der Waals surface area contributed by atoms with Crippen LogP contribution in [0.1, 0.15) is 12.8 Å². The van der Waals surface area contributed by atoms with Gasteiger partial charge in [-0.25, -0.2) is 10.0 Å². The van der Waals surface area contributed by atoms with Gasteiger partial charge in [0.05, 0.1) is 0 Å². The van der Waals surface area contributed by atoms with Crippen molar-refractivity contribution in [2.45, 2.75) is 17.7 Å². The van der Waals surface area contributed by atoms with E-state index in [1.807, 2.05) is 0 Å². The van der Waals surface area contributed by atoms with Crippen molar-refractivity contribution in [2.75, 3.05) is 17.8 Å². The predicted octanol–water partition coefficient (Wildman–Crippen LogP) is 3.77. The molecule has 3 rings (SSSR count). The highest BCUT2D eigenvalue weighted by Crippen LogP contribution is 2.59. The Bertz CT molecular complexity index is 521. The second-order valence-electron chi connectivity index (χ2n) is 5.01. The van der Waals surface area contributed by atoms with Crippen LogP contribution in [0, 0.1) is 0 Å². The Morgan fingerprint density at radius 3 is 2.56 bits per heavy atom. The molecule has 0 amide bonds. The van der Waals surface area contributed by atoms with Crippen LogP contribution in [0.15, 0.2) is 35.4 Å². The summed E-state index contributed by atoms with van der Waals surface area (Å²) in [6.45, 7) is 0. The van der Waals surface area contributed by atoms with Gasteiger partial charge >= 0.3 is 0 Å². The average molecular weight is 233 g/mol. The summed E-state index contributed by atoms with van der Waals surface area (Å²) in [5, 5.41) is 1.49. The van der Waals surface area contributed by atoms with Crippen LogP contribution in [0.4, 0.5) is 0 Å². The van der Waals surface area contributed by atoms with E-state index >= 15 is 0 Å². The largest absolute Gasteiger partial charge is 0.349 e. The fraction of sp³-hybridized carbons (Fsp3) is 0.429. The van der Waals surface area contributed by atoms with Crippen LogP contribution in [0.2, 0.25) is 0 Å². The first-order valence-corrected chi connectivity index (χ1v) is 8.36. The topological polar surface area (TPSA) is 4.93 Å². The van der Waals surface area contributed by atoms with Crippen LogP contribution in [0.25, 0.3) is 10.9 Å². The zero-order chi connectivity index (χ0) is 11.2. The van der Waals surface area contributed by atoms with E-state index in [4.69, 9.17) is 0 Å². The minimum Gasteiger partial charge on any atom is -0.349 e. The molecular weight excluding hydrogens is 214 g/mol. The molecule has 0 saturated carbocycles. The second-order valence-corrected chi connectivity index (χ2v) is 8.82. The Labute approximate surface area is 98.8 Å². The van der Waals surface area contributed by atoms with E-state index in [-0.39, 0.29) is 0 Å². The monoisotopic (exact) mass is 233 g/mol. The maximum Gasteiger partial charge on any atom is 0.0488 e. The van der Waals surface area contributed by atoms with E-state index in [9.17, 15) is 0 Å². The van der Waals surface area contributed by atoms with Crippen LogP contribution >= 0.6 is 10.0 Å².